The highest BCUT2D eigenvalue weighted by Crippen LogP contribution is 2.28. The number of H-pyrrole nitrogens is 1. The third-order valence-corrected chi connectivity index (χ3v) is 2.93. The molecule has 3 aromatic rings. The number of hydrogen-bond donors (Lipinski definition) is 2. The smallest absolute Gasteiger partial charge is 0.0481 e. The summed E-state index contributed by atoms with van der Waals surface area (Å²) >= 11 is 0. The molecule has 1 aromatic carbocycles. The fourth-order valence-electron chi connectivity index (χ4n) is 2.09. The third kappa shape index (κ3) is 1.65. The van der Waals surface area contributed by atoms with E-state index in [-0.39, 0.29) is 0 Å². The van der Waals surface area contributed by atoms with Crippen molar-refractivity contribution >= 4 is 16.6 Å². The van der Waals surface area contributed by atoms with Gasteiger partial charge in [-0.1, -0.05) is 0 Å². The number of rotatable bonds is 1. The molecule has 0 saturated carbocycles. The molecule has 0 unspecified atom stereocenters. The Morgan fingerprint density at radius 2 is 2.00 bits per heavy atom. The summed E-state index contributed by atoms with van der Waals surface area (Å²) in [6.07, 6.45) is 3.72. The van der Waals surface area contributed by atoms with E-state index in [1.807, 2.05) is 37.5 Å². The summed E-state index contributed by atoms with van der Waals surface area (Å²) in [5, 5.41) is 1.07. The number of nitrogens with one attached hydrogen (secondary N) is 1. The molecule has 17 heavy (non-hydrogen) atoms. The highest BCUT2D eigenvalue weighted by atomic mass is 14.7. The topological polar surface area (TPSA) is 54.7 Å². The van der Waals surface area contributed by atoms with Gasteiger partial charge in [0.1, 0.15) is 0 Å². The summed E-state index contributed by atoms with van der Waals surface area (Å²) in [5.74, 6) is 0. The van der Waals surface area contributed by atoms with E-state index in [4.69, 9.17) is 5.73 Å². The van der Waals surface area contributed by atoms with Gasteiger partial charge in [0.2, 0.25) is 0 Å². The normalized spacial score (nSPS) is 10.9. The molecule has 84 valence electrons. The molecule has 0 spiro atoms. The van der Waals surface area contributed by atoms with Crippen LogP contribution in [0.4, 0.5) is 5.69 Å². The third-order valence-electron chi connectivity index (χ3n) is 2.93. The van der Waals surface area contributed by atoms with Crippen LogP contribution in [0.5, 0.6) is 0 Å². The van der Waals surface area contributed by atoms with Crippen molar-refractivity contribution < 1.29 is 0 Å². The number of aryl methyl sites for hydroxylation is 1. The number of aromatic amines is 1. The number of anilines is 1. The molecule has 0 saturated heterocycles. The second-order valence-corrected chi connectivity index (χ2v) is 4.19. The number of pyridine rings is 1. The van der Waals surface area contributed by atoms with Crippen LogP contribution in [-0.2, 0) is 0 Å². The van der Waals surface area contributed by atoms with E-state index in [0.717, 1.165) is 33.4 Å². The van der Waals surface area contributed by atoms with E-state index in [1.165, 1.54) is 0 Å². The second kappa shape index (κ2) is 3.63. The van der Waals surface area contributed by atoms with Crippen molar-refractivity contribution in [2.45, 2.75) is 6.92 Å². The largest absolute Gasteiger partial charge is 0.398 e. The number of nitrogens with zero attached hydrogens (tertiary/aromatic N) is 1. The zero-order valence-electron chi connectivity index (χ0n) is 9.57. The Morgan fingerprint density at radius 3 is 2.82 bits per heavy atom. The maximum Gasteiger partial charge on any atom is 0.0481 e. The van der Waals surface area contributed by atoms with Gasteiger partial charge in [-0.2, -0.15) is 0 Å². The Labute approximate surface area is 99.3 Å². The van der Waals surface area contributed by atoms with Gasteiger partial charge in [0, 0.05) is 34.7 Å². The van der Waals surface area contributed by atoms with Crippen LogP contribution in [0.25, 0.3) is 22.0 Å². The predicted octanol–water partition coefficient (Wildman–Crippen LogP) is 3.12. The molecule has 0 fully saturated rings. The lowest BCUT2D eigenvalue weighted by Crippen LogP contribution is -1.88. The van der Waals surface area contributed by atoms with Crippen LogP contribution >= 0.6 is 0 Å². The van der Waals surface area contributed by atoms with Crippen LogP contribution in [0, 0.1) is 6.92 Å². The van der Waals surface area contributed by atoms with Crippen LogP contribution in [0.15, 0.2) is 42.7 Å². The number of benzene rings is 1. The van der Waals surface area contributed by atoms with E-state index < -0.39 is 0 Å². The molecule has 0 aliphatic heterocycles. The lowest BCUT2D eigenvalue weighted by molar-refractivity contribution is 1.20. The molecule has 0 aliphatic rings. The van der Waals surface area contributed by atoms with E-state index in [1.54, 1.807) is 0 Å². The molecule has 3 rings (SSSR count). The Bertz CT molecular complexity index is 683. The minimum Gasteiger partial charge on any atom is -0.398 e. The minimum atomic E-state index is 0.799. The molecule has 3 heteroatoms. The van der Waals surface area contributed by atoms with Crippen molar-refractivity contribution in [2.75, 3.05) is 5.73 Å². The molecule has 2 aromatic heterocycles. The molecule has 0 atom stereocenters. The van der Waals surface area contributed by atoms with Gasteiger partial charge in [0.25, 0.3) is 0 Å². The fraction of sp³-hybridized carbons (Fsp3) is 0.0714. The monoisotopic (exact) mass is 223 g/mol. The standard InChI is InChI=1S/C14H13N3/c1-9-6-10(2-4-16-9)11-7-13(15)12-3-5-17-14(12)8-11/h2-8,17H,15H2,1H3. The van der Waals surface area contributed by atoms with Crippen LogP contribution in [0.1, 0.15) is 5.69 Å². The zero-order valence-corrected chi connectivity index (χ0v) is 9.57. The first kappa shape index (κ1) is 9.90. The van der Waals surface area contributed by atoms with Gasteiger partial charge >= 0.3 is 0 Å². The molecule has 0 amide bonds. The van der Waals surface area contributed by atoms with Crippen LogP contribution < -0.4 is 5.73 Å². The summed E-state index contributed by atoms with van der Waals surface area (Å²) in [6.45, 7) is 1.99. The first-order chi connectivity index (χ1) is 8.24. The van der Waals surface area contributed by atoms with Gasteiger partial charge in [-0.3, -0.25) is 4.98 Å². The maximum atomic E-state index is 6.04. The average molecular weight is 223 g/mol. The number of hydrogen-bond acceptors (Lipinski definition) is 2. The molecule has 3 N–H and O–H groups in total. The lowest BCUT2D eigenvalue weighted by Gasteiger charge is -2.05. The van der Waals surface area contributed by atoms with E-state index in [9.17, 15) is 0 Å². The van der Waals surface area contributed by atoms with Crippen molar-refractivity contribution in [3.8, 4) is 11.1 Å². The van der Waals surface area contributed by atoms with E-state index >= 15 is 0 Å². The molecule has 0 aliphatic carbocycles. The summed E-state index contributed by atoms with van der Waals surface area (Å²) in [6, 6.07) is 10.2. The highest BCUT2D eigenvalue weighted by Gasteiger charge is 2.04. The summed E-state index contributed by atoms with van der Waals surface area (Å²) in [4.78, 5) is 7.39. The Morgan fingerprint density at radius 1 is 1.12 bits per heavy atom. The second-order valence-electron chi connectivity index (χ2n) is 4.19. The number of fused-ring (bicyclic) bond motifs is 1. The Balaban J connectivity index is 2.23. The molecule has 0 radical (unpaired) electrons. The minimum absolute atomic E-state index is 0.799. The van der Waals surface area contributed by atoms with E-state index in [2.05, 4.69) is 22.1 Å². The van der Waals surface area contributed by atoms with Gasteiger partial charge < -0.3 is 10.7 Å². The number of aromatic nitrogens is 2. The highest BCUT2D eigenvalue weighted by molar-refractivity contribution is 5.94. The predicted molar refractivity (Wildman–Crippen MR) is 70.7 cm³/mol. The number of nitrogen functional groups attached to an aromatic ring is 1. The van der Waals surface area contributed by atoms with Crippen molar-refractivity contribution in [1.29, 1.82) is 0 Å². The molecule has 2 heterocycles. The average Bonchev–Trinajstić information content (AvgIpc) is 2.77. The summed E-state index contributed by atoms with van der Waals surface area (Å²) in [5.41, 5.74) is 11.2. The van der Waals surface area contributed by atoms with Crippen molar-refractivity contribution in [2.24, 2.45) is 0 Å². The van der Waals surface area contributed by atoms with Crippen molar-refractivity contribution in [1.82, 2.24) is 9.97 Å². The van der Waals surface area contributed by atoms with Gasteiger partial charge in [-0.25, -0.2) is 0 Å². The van der Waals surface area contributed by atoms with E-state index in [0.29, 0.717) is 0 Å². The van der Waals surface area contributed by atoms with Gasteiger partial charge in [-0.15, -0.1) is 0 Å². The molecular formula is C14H13N3. The van der Waals surface area contributed by atoms with Crippen molar-refractivity contribution in [3.05, 3.63) is 48.4 Å². The number of nitrogens with two attached hydrogens (primary N) is 1. The first-order valence-corrected chi connectivity index (χ1v) is 5.54. The summed E-state index contributed by atoms with van der Waals surface area (Å²) < 4.78 is 0. The zero-order chi connectivity index (χ0) is 11.8. The lowest BCUT2D eigenvalue weighted by atomic mass is 10.0. The van der Waals surface area contributed by atoms with Gasteiger partial charge in [-0.05, 0) is 48.4 Å². The quantitative estimate of drug-likeness (QED) is 0.623. The van der Waals surface area contributed by atoms with Gasteiger partial charge in [0.05, 0.1) is 0 Å². The SMILES string of the molecule is Cc1cc(-c2cc(N)c3cc[nH]c3c2)ccn1. The van der Waals surface area contributed by atoms with Crippen LogP contribution in [0.2, 0.25) is 0 Å². The Kier molecular flexibility index (Phi) is 2.11. The molecular weight excluding hydrogens is 210 g/mol. The Hall–Kier alpha value is -2.29. The summed E-state index contributed by atoms with van der Waals surface area (Å²) in [7, 11) is 0. The van der Waals surface area contributed by atoms with Crippen molar-refractivity contribution in [3.63, 3.8) is 0 Å². The fourth-order valence-corrected chi connectivity index (χ4v) is 2.09. The molecule has 3 nitrogen and oxygen atoms in total. The van der Waals surface area contributed by atoms with Crippen LogP contribution in [0.3, 0.4) is 0 Å². The first-order valence-electron chi connectivity index (χ1n) is 5.54. The van der Waals surface area contributed by atoms with Crippen LogP contribution in [-0.4, -0.2) is 9.97 Å². The van der Waals surface area contributed by atoms with Gasteiger partial charge in [0.15, 0.2) is 0 Å². The molecule has 0 bridgehead atoms. The maximum absolute atomic E-state index is 6.04.